The second kappa shape index (κ2) is 6.46. The molecule has 0 radical (unpaired) electrons. The Balaban J connectivity index is 1.43. The number of hydrogen-bond donors (Lipinski definition) is 1. The summed E-state index contributed by atoms with van der Waals surface area (Å²) in [5.74, 6) is 2.53. The number of thioether (sulfide) groups is 1. The number of carbonyl (C=O) groups is 1. The molecule has 2 heterocycles. The summed E-state index contributed by atoms with van der Waals surface area (Å²) in [5.41, 5.74) is 7.38. The van der Waals surface area contributed by atoms with Crippen LogP contribution in [-0.2, 0) is 4.79 Å². The lowest BCUT2D eigenvalue weighted by atomic mass is 9.78. The van der Waals surface area contributed by atoms with Crippen LogP contribution in [0.1, 0.15) is 19.3 Å². The van der Waals surface area contributed by atoms with Gasteiger partial charge in [-0.1, -0.05) is 18.6 Å². The van der Waals surface area contributed by atoms with Crippen molar-refractivity contribution in [3.63, 3.8) is 0 Å². The minimum absolute atomic E-state index is 0.241. The molecule has 1 aromatic rings. The van der Waals surface area contributed by atoms with Gasteiger partial charge in [0, 0.05) is 36.3 Å². The van der Waals surface area contributed by atoms with Gasteiger partial charge in [0.05, 0.1) is 12.2 Å². The molecule has 1 aliphatic carbocycles. The van der Waals surface area contributed by atoms with Crippen LogP contribution in [-0.4, -0.2) is 48.8 Å². The molecule has 3 aliphatic rings. The highest BCUT2D eigenvalue weighted by Gasteiger charge is 2.39. The van der Waals surface area contributed by atoms with E-state index < -0.39 is 0 Å². The fourth-order valence-electron chi connectivity index (χ4n) is 4.44. The molecule has 23 heavy (non-hydrogen) atoms. The standard InChI is InChI=1S/C18H25N3OS/c19-15-5-3-4-13-10-20(11-14(13)15)12-18(22)21-8-9-23-17-7-2-1-6-16(17)21/h1-2,6-7,13-15H,3-5,8-12,19H2. The molecule has 4 nitrogen and oxygen atoms in total. The Morgan fingerprint density at radius 2 is 2.13 bits per heavy atom. The van der Waals surface area contributed by atoms with Gasteiger partial charge in [-0.3, -0.25) is 9.69 Å². The Kier molecular flexibility index (Phi) is 4.35. The molecule has 1 amide bonds. The van der Waals surface area contributed by atoms with E-state index in [1.54, 1.807) is 0 Å². The third kappa shape index (κ3) is 3.02. The number of carbonyl (C=O) groups excluding carboxylic acids is 1. The molecule has 2 fully saturated rings. The maximum absolute atomic E-state index is 12.8. The monoisotopic (exact) mass is 331 g/mol. The van der Waals surface area contributed by atoms with Crippen molar-refractivity contribution in [3.8, 4) is 0 Å². The van der Waals surface area contributed by atoms with Crippen LogP contribution < -0.4 is 10.6 Å². The Labute approximate surface area is 142 Å². The molecule has 2 aliphatic heterocycles. The predicted molar refractivity (Wildman–Crippen MR) is 94.8 cm³/mol. The van der Waals surface area contributed by atoms with Gasteiger partial charge in [-0.05, 0) is 36.8 Å². The zero-order valence-electron chi connectivity index (χ0n) is 13.5. The zero-order valence-corrected chi connectivity index (χ0v) is 14.3. The topological polar surface area (TPSA) is 49.6 Å². The van der Waals surface area contributed by atoms with Crippen molar-refractivity contribution < 1.29 is 4.79 Å². The number of likely N-dealkylation sites (tertiary alicyclic amines) is 1. The molecule has 2 N–H and O–H groups in total. The van der Waals surface area contributed by atoms with Gasteiger partial charge in [0.1, 0.15) is 0 Å². The molecule has 4 rings (SSSR count). The summed E-state index contributed by atoms with van der Waals surface area (Å²) in [6.45, 7) is 3.41. The third-order valence-corrected chi connectivity index (χ3v) is 6.66. The van der Waals surface area contributed by atoms with Crippen molar-refractivity contribution in [1.29, 1.82) is 0 Å². The average molecular weight is 331 g/mol. The average Bonchev–Trinajstić information content (AvgIpc) is 2.98. The summed E-state index contributed by atoms with van der Waals surface area (Å²) in [4.78, 5) is 18.4. The van der Waals surface area contributed by atoms with Crippen LogP contribution in [0.15, 0.2) is 29.2 Å². The number of benzene rings is 1. The molecular weight excluding hydrogens is 306 g/mol. The van der Waals surface area contributed by atoms with Gasteiger partial charge < -0.3 is 10.6 Å². The van der Waals surface area contributed by atoms with Crippen LogP contribution in [0.25, 0.3) is 0 Å². The number of hydrogen-bond acceptors (Lipinski definition) is 4. The first-order chi connectivity index (χ1) is 11.2. The number of rotatable bonds is 2. The Bertz CT molecular complexity index is 593. The van der Waals surface area contributed by atoms with Crippen LogP contribution in [0.4, 0.5) is 5.69 Å². The van der Waals surface area contributed by atoms with Crippen molar-refractivity contribution in [1.82, 2.24) is 4.90 Å². The van der Waals surface area contributed by atoms with Gasteiger partial charge in [0.25, 0.3) is 0 Å². The smallest absolute Gasteiger partial charge is 0.241 e. The van der Waals surface area contributed by atoms with Crippen molar-refractivity contribution in [2.45, 2.75) is 30.2 Å². The maximum atomic E-state index is 12.8. The largest absolute Gasteiger partial charge is 0.327 e. The highest BCUT2D eigenvalue weighted by Crippen LogP contribution is 2.37. The third-order valence-electron chi connectivity index (χ3n) is 5.62. The van der Waals surface area contributed by atoms with E-state index in [9.17, 15) is 4.79 Å². The normalized spacial score (nSPS) is 30.8. The predicted octanol–water partition coefficient (Wildman–Crippen LogP) is 2.18. The lowest BCUT2D eigenvalue weighted by Crippen LogP contribution is -2.42. The van der Waals surface area contributed by atoms with Crippen molar-refractivity contribution in [2.75, 3.05) is 36.8 Å². The van der Waals surface area contributed by atoms with E-state index in [4.69, 9.17) is 5.73 Å². The zero-order chi connectivity index (χ0) is 15.8. The first kappa shape index (κ1) is 15.5. The molecule has 1 saturated heterocycles. The van der Waals surface area contributed by atoms with Gasteiger partial charge >= 0.3 is 0 Å². The minimum Gasteiger partial charge on any atom is -0.327 e. The first-order valence-corrected chi connectivity index (χ1v) is 9.71. The van der Waals surface area contributed by atoms with E-state index in [0.717, 1.165) is 37.5 Å². The lowest BCUT2D eigenvalue weighted by molar-refractivity contribution is -0.119. The first-order valence-electron chi connectivity index (χ1n) is 8.72. The number of para-hydroxylation sites is 1. The molecular formula is C18H25N3OS. The van der Waals surface area contributed by atoms with E-state index in [1.165, 1.54) is 17.7 Å². The SMILES string of the molecule is NC1CCCC2CN(CC(=O)N3CCSc4ccccc43)CC12. The summed E-state index contributed by atoms with van der Waals surface area (Å²) >= 11 is 1.85. The van der Waals surface area contributed by atoms with Crippen LogP contribution in [0.5, 0.6) is 0 Å². The summed E-state index contributed by atoms with van der Waals surface area (Å²) in [5, 5.41) is 0. The number of amides is 1. The van der Waals surface area contributed by atoms with Crippen LogP contribution in [0, 0.1) is 11.8 Å². The maximum Gasteiger partial charge on any atom is 0.241 e. The summed E-state index contributed by atoms with van der Waals surface area (Å²) < 4.78 is 0. The molecule has 0 spiro atoms. The van der Waals surface area contributed by atoms with Crippen molar-refractivity contribution in [3.05, 3.63) is 24.3 Å². The van der Waals surface area contributed by atoms with Crippen LogP contribution in [0.3, 0.4) is 0 Å². The molecule has 5 heteroatoms. The van der Waals surface area contributed by atoms with Gasteiger partial charge in [-0.15, -0.1) is 11.8 Å². The number of fused-ring (bicyclic) bond motifs is 2. The van der Waals surface area contributed by atoms with E-state index in [-0.39, 0.29) is 5.91 Å². The fraction of sp³-hybridized carbons (Fsp3) is 0.611. The van der Waals surface area contributed by atoms with Crippen LogP contribution in [0.2, 0.25) is 0 Å². The van der Waals surface area contributed by atoms with E-state index >= 15 is 0 Å². The van der Waals surface area contributed by atoms with Crippen molar-refractivity contribution >= 4 is 23.4 Å². The highest BCUT2D eigenvalue weighted by molar-refractivity contribution is 7.99. The minimum atomic E-state index is 0.241. The Morgan fingerprint density at radius 3 is 3.00 bits per heavy atom. The number of anilines is 1. The molecule has 3 unspecified atom stereocenters. The summed E-state index contributed by atoms with van der Waals surface area (Å²) in [6.07, 6.45) is 3.69. The Hall–Kier alpha value is -1.04. The highest BCUT2D eigenvalue weighted by atomic mass is 32.2. The number of nitrogens with two attached hydrogens (primary N) is 1. The van der Waals surface area contributed by atoms with Gasteiger partial charge in [-0.2, -0.15) is 0 Å². The van der Waals surface area contributed by atoms with E-state index in [1.807, 2.05) is 28.8 Å². The molecule has 3 atom stereocenters. The van der Waals surface area contributed by atoms with E-state index in [0.29, 0.717) is 24.4 Å². The summed E-state index contributed by atoms with van der Waals surface area (Å²) in [6, 6.07) is 8.59. The summed E-state index contributed by atoms with van der Waals surface area (Å²) in [7, 11) is 0. The second-order valence-electron chi connectivity index (χ2n) is 7.07. The fourth-order valence-corrected chi connectivity index (χ4v) is 5.44. The molecule has 1 saturated carbocycles. The second-order valence-corrected chi connectivity index (χ2v) is 8.21. The molecule has 0 aromatic heterocycles. The lowest BCUT2D eigenvalue weighted by Gasteiger charge is -2.30. The van der Waals surface area contributed by atoms with Crippen LogP contribution >= 0.6 is 11.8 Å². The van der Waals surface area contributed by atoms with Gasteiger partial charge in [-0.25, -0.2) is 0 Å². The quantitative estimate of drug-likeness (QED) is 0.902. The molecule has 1 aromatic carbocycles. The Morgan fingerprint density at radius 1 is 1.26 bits per heavy atom. The molecule has 124 valence electrons. The number of nitrogens with zero attached hydrogens (tertiary/aromatic N) is 2. The van der Waals surface area contributed by atoms with Crippen molar-refractivity contribution in [2.24, 2.45) is 17.6 Å². The molecule has 0 bridgehead atoms. The van der Waals surface area contributed by atoms with Gasteiger partial charge in [0.15, 0.2) is 0 Å². The van der Waals surface area contributed by atoms with Gasteiger partial charge in [0.2, 0.25) is 5.91 Å². The van der Waals surface area contributed by atoms with E-state index in [2.05, 4.69) is 17.0 Å².